The third kappa shape index (κ3) is 5.23. The molecule has 1 aliphatic heterocycles. The van der Waals surface area contributed by atoms with Gasteiger partial charge < -0.3 is 15.0 Å². The standard InChI is InChI=1S/C26H29N3O2/c1-19-14-23(15-20(2)25(19)31-18-22-6-5-11-27-16-22)26(30)28-17-21-7-9-24(10-8-21)29-12-3-4-13-29/h5-11,14-16H,3-4,12-13,17-18H2,1-2H3,(H,28,30). The molecular formula is C26H29N3O2. The van der Waals surface area contributed by atoms with Crippen LogP contribution in [0.15, 0.2) is 60.9 Å². The molecule has 3 aromatic rings. The highest BCUT2D eigenvalue weighted by atomic mass is 16.5. The van der Waals surface area contributed by atoms with Gasteiger partial charge in [0.25, 0.3) is 5.91 Å². The first-order valence-corrected chi connectivity index (χ1v) is 10.9. The molecule has 1 N–H and O–H groups in total. The number of pyridine rings is 1. The van der Waals surface area contributed by atoms with Gasteiger partial charge in [0.1, 0.15) is 12.4 Å². The number of aromatic nitrogens is 1. The fourth-order valence-corrected chi connectivity index (χ4v) is 4.03. The Morgan fingerprint density at radius 1 is 1.03 bits per heavy atom. The van der Waals surface area contributed by atoms with Crippen LogP contribution >= 0.6 is 0 Å². The van der Waals surface area contributed by atoms with Gasteiger partial charge >= 0.3 is 0 Å². The van der Waals surface area contributed by atoms with E-state index >= 15 is 0 Å². The zero-order valence-electron chi connectivity index (χ0n) is 18.2. The molecule has 1 aliphatic rings. The van der Waals surface area contributed by atoms with Crippen molar-refractivity contribution in [2.45, 2.75) is 39.8 Å². The van der Waals surface area contributed by atoms with Gasteiger partial charge in [0.05, 0.1) is 0 Å². The van der Waals surface area contributed by atoms with Crippen LogP contribution in [0, 0.1) is 13.8 Å². The largest absolute Gasteiger partial charge is 0.488 e. The predicted molar refractivity (Wildman–Crippen MR) is 124 cm³/mol. The van der Waals surface area contributed by atoms with Crippen molar-refractivity contribution >= 4 is 11.6 Å². The van der Waals surface area contributed by atoms with E-state index in [1.165, 1.54) is 18.5 Å². The van der Waals surface area contributed by atoms with Gasteiger partial charge in [0.15, 0.2) is 0 Å². The Morgan fingerprint density at radius 3 is 2.39 bits per heavy atom. The molecule has 31 heavy (non-hydrogen) atoms. The molecular weight excluding hydrogens is 386 g/mol. The van der Waals surface area contributed by atoms with Gasteiger partial charge in [-0.1, -0.05) is 18.2 Å². The van der Waals surface area contributed by atoms with Crippen molar-refractivity contribution in [2.75, 3.05) is 18.0 Å². The number of nitrogens with zero attached hydrogens (tertiary/aromatic N) is 2. The lowest BCUT2D eigenvalue weighted by molar-refractivity contribution is 0.0950. The smallest absolute Gasteiger partial charge is 0.251 e. The Balaban J connectivity index is 1.36. The van der Waals surface area contributed by atoms with Crippen molar-refractivity contribution in [3.8, 4) is 5.75 Å². The van der Waals surface area contributed by atoms with Crippen molar-refractivity contribution in [3.63, 3.8) is 0 Å². The van der Waals surface area contributed by atoms with Crippen LogP contribution < -0.4 is 15.0 Å². The van der Waals surface area contributed by atoms with Crippen LogP contribution in [0.3, 0.4) is 0 Å². The van der Waals surface area contributed by atoms with E-state index < -0.39 is 0 Å². The Kier molecular flexibility index (Phi) is 6.51. The number of hydrogen-bond donors (Lipinski definition) is 1. The second-order valence-corrected chi connectivity index (χ2v) is 8.13. The summed E-state index contributed by atoms with van der Waals surface area (Å²) in [5.41, 5.74) is 5.92. The summed E-state index contributed by atoms with van der Waals surface area (Å²) in [5.74, 6) is 0.742. The number of anilines is 1. The third-order valence-corrected chi connectivity index (χ3v) is 5.69. The average Bonchev–Trinajstić information content (AvgIpc) is 3.33. The zero-order chi connectivity index (χ0) is 21.6. The van der Waals surface area contributed by atoms with E-state index in [2.05, 4.69) is 39.5 Å². The molecule has 0 saturated carbocycles. The number of nitrogens with one attached hydrogen (secondary N) is 1. The maximum Gasteiger partial charge on any atom is 0.251 e. The van der Waals surface area contributed by atoms with E-state index in [9.17, 15) is 4.79 Å². The molecule has 0 radical (unpaired) electrons. The number of aryl methyl sites for hydroxylation is 2. The predicted octanol–water partition coefficient (Wildman–Crippen LogP) is 4.81. The van der Waals surface area contributed by atoms with Crippen LogP contribution in [0.5, 0.6) is 5.75 Å². The van der Waals surface area contributed by atoms with Crippen molar-refractivity contribution in [3.05, 3.63) is 88.7 Å². The number of amides is 1. The molecule has 0 unspecified atom stereocenters. The summed E-state index contributed by atoms with van der Waals surface area (Å²) in [7, 11) is 0. The first kappa shape index (κ1) is 20.9. The monoisotopic (exact) mass is 415 g/mol. The van der Waals surface area contributed by atoms with Gasteiger partial charge in [-0.25, -0.2) is 0 Å². The highest BCUT2D eigenvalue weighted by Gasteiger charge is 2.14. The van der Waals surface area contributed by atoms with Crippen LogP contribution in [0.4, 0.5) is 5.69 Å². The topological polar surface area (TPSA) is 54.5 Å². The maximum atomic E-state index is 12.7. The van der Waals surface area contributed by atoms with Gasteiger partial charge in [-0.3, -0.25) is 9.78 Å². The molecule has 160 valence electrons. The Bertz CT molecular complexity index is 1000. The minimum absolute atomic E-state index is 0.0753. The minimum Gasteiger partial charge on any atom is -0.488 e. The molecule has 5 nitrogen and oxygen atoms in total. The number of carbonyl (C=O) groups is 1. The second kappa shape index (κ2) is 9.65. The molecule has 1 saturated heterocycles. The van der Waals surface area contributed by atoms with E-state index in [0.29, 0.717) is 18.7 Å². The third-order valence-electron chi connectivity index (χ3n) is 5.69. The Hall–Kier alpha value is -3.34. The molecule has 0 bridgehead atoms. The van der Waals surface area contributed by atoms with Gasteiger partial charge in [0, 0.05) is 48.8 Å². The first-order chi connectivity index (χ1) is 15.1. The lowest BCUT2D eigenvalue weighted by Gasteiger charge is -2.18. The van der Waals surface area contributed by atoms with E-state index in [0.717, 1.165) is 41.1 Å². The van der Waals surface area contributed by atoms with Crippen molar-refractivity contribution in [1.82, 2.24) is 10.3 Å². The van der Waals surface area contributed by atoms with Crippen LogP contribution in [0.25, 0.3) is 0 Å². The van der Waals surface area contributed by atoms with Crippen molar-refractivity contribution in [2.24, 2.45) is 0 Å². The van der Waals surface area contributed by atoms with Crippen molar-refractivity contribution in [1.29, 1.82) is 0 Å². The first-order valence-electron chi connectivity index (χ1n) is 10.9. The average molecular weight is 416 g/mol. The number of hydrogen-bond acceptors (Lipinski definition) is 4. The highest BCUT2D eigenvalue weighted by molar-refractivity contribution is 5.94. The van der Waals surface area contributed by atoms with Gasteiger partial charge in [0.2, 0.25) is 0 Å². The molecule has 0 atom stereocenters. The summed E-state index contributed by atoms with van der Waals surface area (Å²) in [5, 5.41) is 3.03. The molecule has 5 heteroatoms. The number of rotatable bonds is 7. The number of benzene rings is 2. The van der Waals surface area contributed by atoms with E-state index in [1.54, 1.807) is 12.4 Å². The SMILES string of the molecule is Cc1cc(C(=O)NCc2ccc(N3CCCC3)cc2)cc(C)c1OCc1cccnc1. The van der Waals surface area contributed by atoms with E-state index in [4.69, 9.17) is 4.74 Å². The summed E-state index contributed by atoms with van der Waals surface area (Å²) >= 11 is 0. The van der Waals surface area contributed by atoms with E-state index in [-0.39, 0.29) is 5.91 Å². The van der Waals surface area contributed by atoms with Gasteiger partial charge in [-0.2, -0.15) is 0 Å². The molecule has 2 heterocycles. The quantitative estimate of drug-likeness (QED) is 0.602. The Morgan fingerprint density at radius 2 is 1.74 bits per heavy atom. The molecule has 1 aromatic heterocycles. The van der Waals surface area contributed by atoms with Crippen molar-refractivity contribution < 1.29 is 9.53 Å². The number of carbonyl (C=O) groups excluding carboxylic acids is 1. The second-order valence-electron chi connectivity index (χ2n) is 8.13. The highest BCUT2D eigenvalue weighted by Crippen LogP contribution is 2.26. The lowest BCUT2D eigenvalue weighted by atomic mass is 10.0. The van der Waals surface area contributed by atoms with Crippen LogP contribution in [-0.2, 0) is 13.2 Å². The summed E-state index contributed by atoms with van der Waals surface area (Å²) < 4.78 is 6.00. The normalized spacial score (nSPS) is 13.3. The van der Waals surface area contributed by atoms with Gasteiger partial charge in [-0.05, 0) is 73.7 Å². The Labute approximate surface area is 184 Å². The molecule has 0 spiro atoms. The summed E-state index contributed by atoms with van der Waals surface area (Å²) in [6, 6.07) is 16.1. The molecule has 0 aliphatic carbocycles. The van der Waals surface area contributed by atoms with Crippen LogP contribution in [0.2, 0.25) is 0 Å². The fraction of sp³-hybridized carbons (Fsp3) is 0.308. The zero-order valence-corrected chi connectivity index (χ0v) is 18.2. The summed E-state index contributed by atoms with van der Waals surface area (Å²) in [6.45, 7) is 7.18. The van der Waals surface area contributed by atoms with Crippen LogP contribution in [-0.4, -0.2) is 24.0 Å². The van der Waals surface area contributed by atoms with Gasteiger partial charge in [-0.15, -0.1) is 0 Å². The summed E-state index contributed by atoms with van der Waals surface area (Å²) in [4.78, 5) is 19.2. The molecule has 4 rings (SSSR count). The lowest BCUT2D eigenvalue weighted by Crippen LogP contribution is -2.23. The summed E-state index contributed by atoms with van der Waals surface area (Å²) in [6.07, 6.45) is 6.08. The molecule has 1 fully saturated rings. The fourth-order valence-electron chi connectivity index (χ4n) is 4.03. The van der Waals surface area contributed by atoms with Crippen LogP contribution in [0.1, 0.15) is 45.5 Å². The van der Waals surface area contributed by atoms with E-state index in [1.807, 2.05) is 38.1 Å². The molecule has 1 amide bonds. The molecule has 2 aromatic carbocycles. The maximum absolute atomic E-state index is 12.7. The minimum atomic E-state index is -0.0753. The number of ether oxygens (including phenoxy) is 1.